The molecule has 0 saturated heterocycles. The third-order valence-electron chi connectivity index (χ3n) is 4.45. The lowest BCUT2D eigenvalue weighted by atomic mass is 10.2. The number of allylic oxidation sites excluding steroid dienone is 1. The maximum absolute atomic E-state index is 12.2. The molecular weight excluding hydrogens is 348 g/mol. The maximum atomic E-state index is 12.2. The molecule has 1 amide bonds. The van der Waals surface area contributed by atoms with E-state index in [1.54, 1.807) is 18.2 Å². The standard InChI is InChI=1S/C23H24N4O/c1-17-20(14-15-23(28)25-22-13-7-6-12-21(22)24)18(2)27(26-17)16-8-11-19-9-4-3-5-10-19/h3-15H,16,24H2,1-2H3,(H,25,28). The van der Waals surface area contributed by atoms with Crippen molar-refractivity contribution in [3.8, 4) is 0 Å². The molecule has 1 aromatic heterocycles. The first-order chi connectivity index (χ1) is 13.5. The fourth-order valence-electron chi connectivity index (χ4n) is 2.93. The quantitative estimate of drug-likeness (QED) is 0.496. The van der Waals surface area contributed by atoms with E-state index in [1.807, 2.05) is 48.9 Å². The van der Waals surface area contributed by atoms with E-state index in [2.05, 4.69) is 34.7 Å². The zero-order valence-electron chi connectivity index (χ0n) is 16.1. The first-order valence-electron chi connectivity index (χ1n) is 9.14. The number of nitrogens with two attached hydrogens (primary N) is 1. The second kappa shape index (κ2) is 8.86. The molecule has 0 atom stereocenters. The van der Waals surface area contributed by atoms with Crippen molar-refractivity contribution < 1.29 is 4.79 Å². The number of nitrogens with one attached hydrogen (secondary N) is 1. The molecule has 0 spiro atoms. The molecule has 0 bridgehead atoms. The topological polar surface area (TPSA) is 72.9 Å². The number of para-hydroxylation sites is 2. The Balaban J connectivity index is 1.67. The molecular formula is C23H24N4O. The number of hydrogen-bond donors (Lipinski definition) is 2. The number of rotatable bonds is 6. The van der Waals surface area contributed by atoms with Crippen molar-refractivity contribution in [1.82, 2.24) is 9.78 Å². The predicted molar refractivity (Wildman–Crippen MR) is 116 cm³/mol. The number of amides is 1. The Kier molecular flexibility index (Phi) is 6.07. The monoisotopic (exact) mass is 372 g/mol. The summed E-state index contributed by atoms with van der Waals surface area (Å²) >= 11 is 0. The van der Waals surface area contributed by atoms with Crippen LogP contribution in [0.4, 0.5) is 11.4 Å². The Morgan fingerprint density at radius 3 is 2.54 bits per heavy atom. The van der Waals surface area contributed by atoms with E-state index in [-0.39, 0.29) is 5.91 Å². The number of hydrogen-bond acceptors (Lipinski definition) is 3. The zero-order valence-corrected chi connectivity index (χ0v) is 16.1. The summed E-state index contributed by atoms with van der Waals surface area (Å²) < 4.78 is 1.93. The Morgan fingerprint density at radius 2 is 1.79 bits per heavy atom. The van der Waals surface area contributed by atoms with Crippen molar-refractivity contribution >= 4 is 29.4 Å². The molecule has 0 aliphatic heterocycles. The van der Waals surface area contributed by atoms with Gasteiger partial charge in [0.2, 0.25) is 5.91 Å². The fourth-order valence-corrected chi connectivity index (χ4v) is 2.93. The highest BCUT2D eigenvalue weighted by atomic mass is 16.1. The van der Waals surface area contributed by atoms with Gasteiger partial charge in [-0.05, 0) is 37.6 Å². The fraction of sp³-hybridized carbons (Fsp3) is 0.130. The number of anilines is 2. The zero-order chi connectivity index (χ0) is 19.9. The lowest BCUT2D eigenvalue weighted by molar-refractivity contribution is -0.111. The van der Waals surface area contributed by atoms with Gasteiger partial charge in [0, 0.05) is 17.3 Å². The number of benzene rings is 2. The second-order valence-corrected chi connectivity index (χ2v) is 6.49. The van der Waals surface area contributed by atoms with Gasteiger partial charge < -0.3 is 11.1 Å². The molecule has 5 heteroatoms. The average Bonchev–Trinajstić information content (AvgIpc) is 2.96. The number of nitrogen functional groups attached to an aromatic ring is 1. The normalized spacial score (nSPS) is 11.4. The lowest BCUT2D eigenvalue weighted by Crippen LogP contribution is -2.09. The number of carbonyl (C=O) groups is 1. The van der Waals surface area contributed by atoms with E-state index in [0.29, 0.717) is 17.9 Å². The van der Waals surface area contributed by atoms with E-state index in [9.17, 15) is 4.79 Å². The minimum atomic E-state index is -0.228. The smallest absolute Gasteiger partial charge is 0.248 e. The summed E-state index contributed by atoms with van der Waals surface area (Å²) in [7, 11) is 0. The Bertz CT molecular complexity index is 1020. The number of aromatic nitrogens is 2. The van der Waals surface area contributed by atoms with Crippen LogP contribution in [0.25, 0.3) is 12.2 Å². The number of nitrogens with zero attached hydrogens (tertiary/aromatic N) is 2. The summed E-state index contributed by atoms with van der Waals surface area (Å²) in [6.45, 7) is 4.61. The van der Waals surface area contributed by atoms with Crippen molar-refractivity contribution in [2.45, 2.75) is 20.4 Å². The van der Waals surface area contributed by atoms with Crippen LogP contribution in [0.5, 0.6) is 0 Å². The van der Waals surface area contributed by atoms with Gasteiger partial charge in [0.1, 0.15) is 0 Å². The van der Waals surface area contributed by atoms with Crippen molar-refractivity contribution in [3.63, 3.8) is 0 Å². The molecule has 0 fully saturated rings. The maximum Gasteiger partial charge on any atom is 0.248 e. The van der Waals surface area contributed by atoms with E-state index < -0.39 is 0 Å². The molecule has 3 aromatic rings. The highest BCUT2D eigenvalue weighted by Crippen LogP contribution is 2.18. The van der Waals surface area contributed by atoms with Crippen molar-refractivity contribution in [2.75, 3.05) is 11.1 Å². The van der Waals surface area contributed by atoms with Gasteiger partial charge >= 0.3 is 0 Å². The summed E-state index contributed by atoms with van der Waals surface area (Å²) in [5, 5.41) is 7.37. The molecule has 3 N–H and O–H groups in total. The van der Waals surface area contributed by atoms with Crippen LogP contribution in [0, 0.1) is 13.8 Å². The predicted octanol–water partition coefficient (Wildman–Crippen LogP) is 4.45. The average molecular weight is 372 g/mol. The van der Waals surface area contributed by atoms with E-state index in [4.69, 9.17) is 5.73 Å². The van der Waals surface area contributed by atoms with Gasteiger partial charge in [-0.15, -0.1) is 0 Å². The van der Waals surface area contributed by atoms with Gasteiger partial charge in [-0.25, -0.2) is 0 Å². The Morgan fingerprint density at radius 1 is 1.07 bits per heavy atom. The summed E-state index contributed by atoms with van der Waals surface area (Å²) in [5.74, 6) is -0.228. The molecule has 1 heterocycles. The van der Waals surface area contributed by atoms with Gasteiger partial charge in [0.05, 0.1) is 23.6 Å². The summed E-state index contributed by atoms with van der Waals surface area (Å²) in [5.41, 5.74) is 11.0. The first kappa shape index (κ1) is 19.2. The van der Waals surface area contributed by atoms with Crippen LogP contribution >= 0.6 is 0 Å². The minimum Gasteiger partial charge on any atom is -0.397 e. The van der Waals surface area contributed by atoms with Gasteiger partial charge in [0.15, 0.2) is 0 Å². The minimum absolute atomic E-state index is 0.228. The van der Waals surface area contributed by atoms with Crippen molar-refractivity contribution in [3.05, 3.63) is 89.3 Å². The van der Waals surface area contributed by atoms with Crippen LogP contribution in [0.15, 0.2) is 66.7 Å². The Labute approximate surface area is 165 Å². The van der Waals surface area contributed by atoms with E-state index in [1.165, 1.54) is 6.08 Å². The van der Waals surface area contributed by atoms with Gasteiger partial charge in [-0.1, -0.05) is 54.6 Å². The van der Waals surface area contributed by atoms with Crippen LogP contribution in [0.1, 0.15) is 22.5 Å². The summed E-state index contributed by atoms with van der Waals surface area (Å²) in [4.78, 5) is 12.2. The molecule has 3 rings (SSSR count). The summed E-state index contributed by atoms with van der Waals surface area (Å²) in [6, 6.07) is 17.3. The molecule has 0 saturated carbocycles. The van der Waals surface area contributed by atoms with E-state index >= 15 is 0 Å². The lowest BCUT2D eigenvalue weighted by Gasteiger charge is -2.05. The highest BCUT2D eigenvalue weighted by Gasteiger charge is 2.09. The van der Waals surface area contributed by atoms with Crippen LogP contribution in [0.2, 0.25) is 0 Å². The molecule has 28 heavy (non-hydrogen) atoms. The molecule has 0 aliphatic rings. The SMILES string of the molecule is Cc1nn(CC=Cc2ccccc2)c(C)c1C=CC(=O)Nc1ccccc1N. The third kappa shape index (κ3) is 4.76. The molecule has 0 unspecified atom stereocenters. The molecule has 2 aromatic carbocycles. The van der Waals surface area contributed by atoms with Crippen molar-refractivity contribution in [1.29, 1.82) is 0 Å². The van der Waals surface area contributed by atoms with Gasteiger partial charge in [0.25, 0.3) is 0 Å². The largest absolute Gasteiger partial charge is 0.397 e. The molecule has 5 nitrogen and oxygen atoms in total. The van der Waals surface area contributed by atoms with Crippen LogP contribution in [-0.4, -0.2) is 15.7 Å². The summed E-state index contributed by atoms with van der Waals surface area (Å²) in [6.07, 6.45) is 7.45. The number of carbonyl (C=O) groups excluding carboxylic acids is 1. The van der Waals surface area contributed by atoms with Crippen molar-refractivity contribution in [2.24, 2.45) is 0 Å². The van der Waals surface area contributed by atoms with Gasteiger partial charge in [-0.3, -0.25) is 9.48 Å². The molecule has 142 valence electrons. The van der Waals surface area contributed by atoms with E-state index in [0.717, 1.165) is 22.5 Å². The van der Waals surface area contributed by atoms with Gasteiger partial charge in [-0.2, -0.15) is 5.10 Å². The second-order valence-electron chi connectivity index (χ2n) is 6.49. The van der Waals surface area contributed by atoms with Crippen LogP contribution < -0.4 is 11.1 Å². The third-order valence-corrected chi connectivity index (χ3v) is 4.45. The highest BCUT2D eigenvalue weighted by molar-refractivity contribution is 6.03. The Hall–Kier alpha value is -3.60. The molecule has 0 aliphatic carbocycles. The number of aryl methyl sites for hydroxylation is 1. The van der Waals surface area contributed by atoms with Crippen LogP contribution in [-0.2, 0) is 11.3 Å². The molecule has 0 radical (unpaired) electrons. The first-order valence-corrected chi connectivity index (χ1v) is 9.14. The van der Waals surface area contributed by atoms with Crippen LogP contribution in [0.3, 0.4) is 0 Å².